The first-order valence-electron chi connectivity index (χ1n) is 5.73. The molecule has 1 aromatic carbocycles. The standard InChI is InChI=1S/C12H21N3OS3/c1-13(2)17-10-8-7-9(16)11(18-14(3)4)12(10)19-15(5)6/h7-8,16H,1-6H3. The predicted molar refractivity (Wildman–Crippen MR) is 86.7 cm³/mol. The zero-order valence-electron chi connectivity index (χ0n) is 12.2. The van der Waals surface area contributed by atoms with Crippen LogP contribution in [0.4, 0.5) is 0 Å². The van der Waals surface area contributed by atoms with Gasteiger partial charge in [0.1, 0.15) is 5.75 Å². The van der Waals surface area contributed by atoms with Crippen LogP contribution in [-0.2, 0) is 0 Å². The van der Waals surface area contributed by atoms with Crippen molar-refractivity contribution in [1.29, 1.82) is 0 Å². The fourth-order valence-electron chi connectivity index (χ4n) is 1.34. The largest absolute Gasteiger partial charge is 0.507 e. The molecule has 0 spiro atoms. The highest BCUT2D eigenvalue weighted by molar-refractivity contribution is 8.01. The second-order valence-electron chi connectivity index (χ2n) is 4.45. The molecule has 7 heteroatoms. The highest BCUT2D eigenvalue weighted by Gasteiger charge is 2.17. The Morgan fingerprint density at radius 1 is 0.737 bits per heavy atom. The topological polar surface area (TPSA) is 30.0 Å². The van der Waals surface area contributed by atoms with Crippen molar-refractivity contribution in [3.63, 3.8) is 0 Å². The Labute approximate surface area is 128 Å². The van der Waals surface area contributed by atoms with Crippen LogP contribution in [0.25, 0.3) is 0 Å². The molecule has 0 saturated heterocycles. The molecule has 0 aliphatic heterocycles. The van der Waals surface area contributed by atoms with E-state index in [0.717, 1.165) is 14.7 Å². The van der Waals surface area contributed by atoms with Gasteiger partial charge >= 0.3 is 0 Å². The van der Waals surface area contributed by atoms with Crippen LogP contribution in [0.5, 0.6) is 5.75 Å². The number of phenolic OH excluding ortho intramolecular Hbond substituents is 1. The molecule has 108 valence electrons. The van der Waals surface area contributed by atoms with E-state index >= 15 is 0 Å². The van der Waals surface area contributed by atoms with Gasteiger partial charge in [-0.2, -0.15) is 0 Å². The van der Waals surface area contributed by atoms with Crippen LogP contribution in [0.15, 0.2) is 26.8 Å². The molecule has 1 rings (SSSR count). The highest BCUT2D eigenvalue weighted by atomic mass is 32.2. The number of hydrogen-bond donors (Lipinski definition) is 1. The van der Waals surface area contributed by atoms with E-state index in [-0.39, 0.29) is 0 Å². The molecule has 0 radical (unpaired) electrons. The van der Waals surface area contributed by atoms with Crippen LogP contribution in [0.3, 0.4) is 0 Å². The molecule has 1 N–H and O–H groups in total. The quantitative estimate of drug-likeness (QED) is 0.806. The molecular weight excluding hydrogens is 298 g/mol. The Kier molecular flexibility index (Phi) is 6.85. The van der Waals surface area contributed by atoms with Crippen molar-refractivity contribution in [2.45, 2.75) is 14.7 Å². The van der Waals surface area contributed by atoms with Gasteiger partial charge < -0.3 is 5.11 Å². The van der Waals surface area contributed by atoms with Gasteiger partial charge in [0.25, 0.3) is 0 Å². The third-order valence-corrected chi connectivity index (χ3v) is 4.98. The summed E-state index contributed by atoms with van der Waals surface area (Å²) in [4.78, 5) is 3.13. The molecule has 0 bridgehead atoms. The second-order valence-corrected chi connectivity index (χ2v) is 8.45. The molecule has 0 atom stereocenters. The Balaban J connectivity index is 3.23. The van der Waals surface area contributed by atoms with E-state index in [9.17, 15) is 5.11 Å². The minimum atomic E-state index is 0.325. The average Bonchev–Trinajstić information content (AvgIpc) is 2.25. The molecule has 1 aromatic rings. The molecule has 0 heterocycles. The lowest BCUT2D eigenvalue weighted by molar-refractivity contribution is 0.456. The van der Waals surface area contributed by atoms with Crippen molar-refractivity contribution >= 4 is 35.8 Å². The molecule has 0 saturated carbocycles. The Morgan fingerprint density at radius 2 is 1.21 bits per heavy atom. The van der Waals surface area contributed by atoms with Crippen molar-refractivity contribution in [2.24, 2.45) is 0 Å². The minimum absolute atomic E-state index is 0.325. The lowest BCUT2D eigenvalue weighted by Gasteiger charge is -2.20. The summed E-state index contributed by atoms with van der Waals surface area (Å²) >= 11 is 4.83. The van der Waals surface area contributed by atoms with Crippen molar-refractivity contribution in [1.82, 2.24) is 12.9 Å². The van der Waals surface area contributed by atoms with Gasteiger partial charge in [-0.15, -0.1) is 0 Å². The molecule has 19 heavy (non-hydrogen) atoms. The lowest BCUT2D eigenvalue weighted by Crippen LogP contribution is -2.05. The molecule has 0 aliphatic carbocycles. The van der Waals surface area contributed by atoms with E-state index in [1.165, 1.54) is 11.9 Å². The number of benzene rings is 1. The van der Waals surface area contributed by atoms with E-state index in [1.807, 2.05) is 57.0 Å². The van der Waals surface area contributed by atoms with Gasteiger partial charge in [-0.3, -0.25) is 12.9 Å². The maximum atomic E-state index is 10.1. The van der Waals surface area contributed by atoms with E-state index < -0.39 is 0 Å². The van der Waals surface area contributed by atoms with Gasteiger partial charge in [0, 0.05) is 4.90 Å². The summed E-state index contributed by atoms with van der Waals surface area (Å²) < 4.78 is 6.07. The molecule has 0 unspecified atom stereocenters. The first kappa shape index (κ1) is 17.0. The van der Waals surface area contributed by atoms with Crippen LogP contribution in [0.1, 0.15) is 0 Å². The van der Waals surface area contributed by atoms with E-state index in [1.54, 1.807) is 30.0 Å². The maximum absolute atomic E-state index is 10.1. The summed E-state index contributed by atoms with van der Waals surface area (Å²) in [5.41, 5.74) is 0. The van der Waals surface area contributed by atoms with Gasteiger partial charge in [0.05, 0.1) is 9.79 Å². The minimum Gasteiger partial charge on any atom is -0.507 e. The van der Waals surface area contributed by atoms with Crippen LogP contribution in [0.2, 0.25) is 0 Å². The van der Waals surface area contributed by atoms with Gasteiger partial charge in [-0.1, -0.05) is 0 Å². The fourth-order valence-corrected chi connectivity index (χ4v) is 3.99. The molecule has 0 aliphatic rings. The molecular formula is C12H21N3OS3. The normalized spacial score (nSPS) is 11.8. The Morgan fingerprint density at radius 3 is 1.68 bits per heavy atom. The first-order valence-corrected chi connectivity index (χ1v) is 8.05. The van der Waals surface area contributed by atoms with Crippen molar-refractivity contribution in [3.05, 3.63) is 12.1 Å². The number of hydrogen-bond acceptors (Lipinski definition) is 7. The van der Waals surface area contributed by atoms with Crippen LogP contribution in [-0.4, -0.2) is 60.3 Å². The number of nitrogens with zero attached hydrogens (tertiary/aromatic N) is 3. The molecule has 0 amide bonds. The number of aromatic hydroxyl groups is 1. The van der Waals surface area contributed by atoms with Gasteiger partial charge in [0.2, 0.25) is 0 Å². The van der Waals surface area contributed by atoms with Gasteiger partial charge in [-0.25, -0.2) is 0 Å². The Hall–Kier alpha value is -0.0500. The fraction of sp³-hybridized carbons (Fsp3) is 0.500. The lowest BCUT2D eigenvalue weighted by atomic mass is 10.3. The SMILES string of the molecule is CN(C)Sc1ccc(O)c(SN(C)C)c1SN(C)C. The predicted octanol–water partition coefficient (Wildman–Crippen LogP) is 3.10. The average molecular weight is 320 g/mol. The van der Waals surface area contributed by atoms with E-state index in [0.29, 0.717) is 5.75 Å². The van der Waals surface area contributed by atoms with Crippen molar-refractivity contribution in [3.8, 4) is 5.75 Å². The third kappa shape index (κ3) is 5.45. The van der Waals surface area contributed by atoms with Crippen LogP contribution >= 0.6 is 35.8 Å². The van der Waals surface area contributed by atoms with E-state index in [4.69, 9.17) is 0 Å². The van der Waals surface area contributed by atoms with Crippen LogP contribution in [0, 0.1) is 0 Å². The summed E-state index contributed by atoms with van der Waals surface area (Å²) in [5, 5.41) is 10.1. The molecule has 4 nitrogen and oxygen atoms in total. The van der Waals surface area contributed by atoms with Gasteiger partial charge in [-0.05, 0) is 90.3 Å². The third-order valence-electron chi connectivity index (χ3n) is 1.88. The summed E-state index contributed by atoms with van der Waals surface area (Å²) in [5.74, 6) is 0.325. The van der Waals surface area contributed by atoms with Crippen LogP contribution < -0.4 is 0 Å². The number of rotatable bonds is 6. The molecule has 0 aromatic heterocycles. The smallest absolute Gasteiger partial charge is 0.131 e. The number of phenols is 1. The van der Waals surface area contributed by atoms with Crippen molar-refractivity contribution < 1.29 is 5.11 Å². The van der Waals surface area contributed by atoms with Gasteiger partial charge in [0.15, 0.2) is 0 Å². The summed E-state index contributed by atoms with van der Waals surface area (Å²) in [6.07, 6.45) is 0. The van der Waals surface area contributed by atoms with E-state index in [2.05, 4.69) is 4.31 Å². The second kappa shape index (κ2) is 7.66. The summed E-state index contributed by atoms with van der Waals surface area (Å²) in [6.45, 7) is 0. The first-order chi connectivity index (χ1) is 8.81. The highest BCUT2D eigenvalue weighted by Crippen LogP contribution is 2.44. The zero-order chi connectivity index (χ0) is 14.6. The monoisotopic (exact) mass is 319 g/mol. The summed E-state index contributed by atoms with van der Waals surface area (Å²) in [7, 11) is 12.0. The Bertz CT molecular complexity index is 425. The van der Waals surface area contributed by atoms with Crippen molar-refractivity contribution in [2.75, 3.05) is 42.3 Å². The maximum Gasteiger partial charge on any atom is 0.131 e. The summed E-state index contributed by atoms with van der Waals surface area (Å²) in [6, 6.07) is 3.73. The zero-order valence-corrected chi connectivity index (χ0v) is 14.6. The molecule has 0 fully saturated rings.